The van der Waals surface area contributed by atoms with Gasteiger partial charge in [-0.05, 0) is 45.0 Å². The minimum Gasteiger partial charge on any atom is -0.444 e. The molecular weight excluding hydrogens is 330 g/mol. The molecule has 146 valence electrons. The Bertz CT molecular complexity index is 578. The van der Waals surface area contributed by atoms with Crippen LogP contribution in [0, 0.1) is 0 Å². The Kier molecular flexibility index (Phi) is 9.13. The average Bonchev–Trinajstić information content (AvgIpc) is 2.56. The number of amides is 2. The molecule has 6 nitrogen and oxygen atoms in total. The highest BCUT2D eigenvalue weighted by Gasteiger charge is 2.15. The Morgan fingerprint density at radius 3 is 2.35 bits per heavy atom. The molecule has 26 heavy (non-hydrogen) atoms. The number of nitrogens with one attached hydrogen (secondary N) is 2. The number of ether oxygens (including phenoxy) is 1. The first-order chi connectivity index (χ1) is 12.2. The van der Waals surface area contributed by atoms with E-state index in [-0.39, 0.29) is 18.9 Å². The molecule has 0 unspecified atom stereocenters. The van der Waals surface area contributed by atoms with Gasteiger partial charge in [0.1, 0.15) is 5.60 Å². The van der Waals surface area contributed by atoms with Crippen molar-refractivity contribution >= 4 is 12.0 Å². The molecule has 0 fully saturated rings. The second kappa shape index (κ2) is 10.8. The van der Waals surface area contributed by atoms with Crippen LogP contribution in [-0.4, -0.2) is 42.1 Å². The molecule has 0 bridgehead atoms. The van der Waals surface area contributed by atoms with Gasteiger partial charge < -0.3 is 15.4 Å². The highest BCUT2D eigenvalue weighted by molar-refractivity contribution is 5.77. The van der Waals surface area contributed by atoms with E-state index in [1.807, 2.05) is 12.1 Å². The van der Waals surface area contributed by atoms with Crippen LogP contribution in [0.2, 0.25) is 0 Å². The van der Waals surface area contributed by atoms with Crippen LogP contribution in [0.5, 0.6) is 0 Å². The standard InChI is InChI=1S/C20H33N3O3/c1-6-23(7-2)15-17-10-8-9-16(13-17)14-22-18(24)11-12-21-19(25)26-20(3,4)5/h8-10,13H,6-7,11-12,14-15H2,1-5H3,(H,21,25)(H,22,24). The summed E-state index contributed by atoms with van der Waals surface area (Å²) in [6.07, 6.45) is -0.285. The molecule has 6 heteroatoms. The fourth-order valence-corrected chi connectivity index (χ4v) is 2.42. The zero-order valence-electron chi connectivity index (χ0n) is 16.7. The topological polar surface area (TPSA) is 70.7 Å². The molecule has 0 heterocycles. The number of hydrogen-bond donors (Lipinski definition) is 2. The van der Waals surface area contributed by atoms with Crippen molar-refractivity contribution in [3.05, 3.63) is 35.4 Å². The lowest BCUT2D eigenvalue weighted by Crippen LogP contribution is -2.35. The lowest BCUT2D eigenvalue weighted by molar-refractivity contribution is -0.121. The fraction of sp³-hybridized carbons (Fsp3) is 0.600. The molecule has 0 aromatic heterocycles. The van der Waals surface area contributed by atoms with Crippen molar-refractivity contribution in [2.75, 3.05) is 19.6 Å². The molecule has 0 atom stereocenters. The van der Waals surface area contributed by atoms with E-state index < -0.39 is 11.7 Å². The normalized spacial score (nSPS) is 11.3. The van der Waals surface area contributed by atoms with E-state index in [0.717, 1.165) is 25.2 Å². The zero-order valence-corrected chi connectivity index (χ0v) is 16.7. The molecular formula is C20H33N3O3. The van der Waals surface area contributed by atoms with E-state index in [9.17, 15) is 9.59 Å². The summed E-state index contributed by atoms with van der Waals surface area (Å²) in [5, 5.41) is 5.47. The van der Waals surface area contributed by atoms with E-state index in [1.165, 1.54) is 5.56 Å². The molecule has 1 aromatic rings. The fourth-order valence-electron chi connectivity index (χ4n) is 2.42. The third kappa shape index (κ3) is 9.42. The molecule has 0 saturated heterocycles. The maximum absolute atomic E-state index is 11.9. The van der Waals surface area contributed by atoms with E-state index in [2.05, 4.69) is 41.5 Å². The molecule has 0 saturated carbocycles. The van der Waals surface area contributed by atoms with Crippen LogP contribution in [0.15, 0.2) is 24.3 Å². The quantitative estimate of drug-likeness (QED) is 0.707. The first-order valence-corrected chi connectivity index (χ1v) is 9.27. The van der Waals surface area contributed by atoms with Gasteiger partial charge in [0.05, 0.1) is 0 Å². The molecule has 0 aliphatic carbocycles. The highest BCUT2D eigenvalue weighted by Crippen LogP contribution is 2.09. The third-order valence-corrected chi connectivity index (χ3v) is 3.80. The van der Waals surface area contributed by atoms with Gasteiger partial charge in [-0.3, -0.25) is 9.69 Å². The number of rotatable bonds is 9. The summed E-state index contributed by atoms with van der Waals surface area (Å²) in [5.41, 5.74) is 1.78. The maximum atomic E-state index is 11.9. The molecule has 0 aliphatic rings. The highest BCUT2D eigenvalue weighted by atomic mass is 16.6. The van der Waals surface area contributed by atoms with Gasteiger partial charge in [0, 0.05) is 26.1 Å². The van der Waals surface area contributed by atoms with Crippen molar-refractivity contribution in [1.82, 2.24) is 15.5 Å². The van der Waals surface area contributed by atoms with Gasteiger partial charge in [0.2, 0.25) is 5.91 Å². The van der Waals surface area contributed by atoms with Crippen LogP contribution in [0.3, 0.4) is 0 Å². The Morgan fingerprint density at radius 1 is 1.08 bits per heavy atom. The van der Waals surface area contributed by atoms with Gasteiger partial charge in [-0.15, -0.1) is 0 Å². The van der Waals surface area contributed by atoms with Gasteiger partial charge in [-0.1, -0.05) is 38.1 Å². The summed E-state index contributed by atoms with van der Waals surface area (Å²) in [6, 6.07) is 8.25. The van der Waals surface area contributed by atoms with Gasteiger partial charge >= 0.3 is 6.09 Å². The van der Waals surface area contributed by atoms with Crippen molar-refractivity contribution in [3.63, 3.8) is 0 Å². The van der Waals surface area contributed by atoms with Gasteiger partial charge in [0.25, 0.3) is 0 Å². The van der Waals surface area contributed by atoms with Crippen LogP contribution < -0.4 is 10.6 Å². The Labute approximate surface area is 157 Å². The predicted molar refractivity (Wildman–Crippen MR) is 104 cm³/mol. The number of alkyl carbamates (subject to hydrolysis) is 1. The first-order valence-electron chi connectivity index (χ1n) is 9.27. The largest absolute Gasteiger partial charge is 0.444 e. The molecule has 0 aliphatic heterocycles. The number of nitrogens with zero attached hydrogens (tertiary/aromatic N) is 1. The summed E-state index contributed by atoms with van der Waals surface area (Å²) >= 11 is 0. The smallest absolute Gasteiger partial charge is 0.407 e. The lowest BCUT2D eigenvalue weighted by atomic mass is 10.1. The molecule has 1 aromatic carbocycles. The molecule has 1 rings (SSSR count). The molecule has 2 N–H and O–H groups in total. The summed E-state index contributed by atoms with van der Waals surface area (Å²) in [7, 11) is 0. The number of benzene rings is 1. The van der Waals surface area contributed by atoms with E-state index in [0.29, 0.717) is 6.54 Å². The number of carbonyl (C=O) groups excluding carboxylic acids is 2. The zero-order chi connectivity index (χ0) is 19.6. The number of hydrogen-bond acceptors (Lipinski definition) is 4. The van der Waals surface area contributed by atoms with Crippen molar-refractivity contribution in [1.29, 1.82) is 0 Å². The van der Waals surface area contributed by atoms with Crippen molar-refractivity contribution in [2.45, 2.75) is 59.7 Å². The Hall–Kier alpha value is -2.08. The summed E-state index contributed by atoms with van der Waals surface area (Å²) < 4.78 is 5.13. The Balaban J connectivity index is 2.35. The summed E-state index contributed by atoms with van der Waals surface area (Å²) in [5.74, 6) is -0.102. The SMILES string of the molecule is CCN(CC)Cc1cccc(CNC(=O)CCNC(=O)OC(C)(C)C)c1. The molecule has 2 amide bonds. The lowest BCUT2D eigenvalue weighted by Gasteiger charge is -2.19. The van der Waals surface area contributed by atoms with Crippen molar-refractivity contribution < 1.29 is 14.3 Å². The van der Waals surface area contributed by atoms with Crippen molar-refractivity contribution in [2.24, 2.45) is 0 Å². The Morgan fingerprint density at radius 2 is 1.73 bits per heavy atom. The van der Waals surface area contributed by atoms with Gasteiger partial charge in [-0.25, -0.2) is 4.79 Å². The summed E-state index contributed by atoms with van der Waals surface area (Å²) in [6.45, 7) is 13.4. The van der Waals surface area contributed by atoms with Gasteiger partial charge in [0.15, 0.2) is 0 Å². The van der Waals surface area contributed by atoms with E-state index in [4.69, 9.17) is 4.74 Å². The third-order valence-electron chi connectivity index (χ3n) is 3.80. The van der Waals surface area contributed by atoms with Crippen LogP contribution in [-0.2, 0) is 22.6 Å². The maximum Gasteiger partial charge on any atom is 0.407 e. The molecule has 0 spiro atoms. The van der Waals surface area contributed by atoms with Crippen LogP contribution >= 0.6 is 0 Å². The minimum absolute atomic E-state index is 0.102. The van der Waals surface area contributed by atoms with Crippen molar-refractivity contribution in [3.8, 4) is 0 Å². The average molecular weight is 364 g/mol. The van der Waals surface area contributed by atoms with Crippen LogP contribution in [0.4, 0.5) is 4.79 Å². The molecule has 0 radical (unpaired) electrons. The predicted octanol–water partition coefficient (Wildman–Crippen LogP) is 3.06. The second-order valence-electron chi connectivity index (χ2n) is 7.24. The van der Waals surface area contributed by atoms with E-state index in [1.54, 1.807) is 20.8 Å². The minimum atomic E-state index is -0.539. The first kappa shape index (κ1) is 22.0. The van der Waals surface area contributed by atoms with Crippen LogP contribution in [0.1, 0.15) is 52.2 Å². The number of carbonyl (C=O) groups is 2. The van der Waals surface area contributed by atoms with E-state index >= 15 is 0 Å². The monoisotopic (exact) mass is 363 g/mol. The van der Waals surface area contributed by atoms with Crippen LogP contribution in [0.25, 0.3) is 0 Å². The summed E-state index contributed by atoms with van der Waals surface area (Å²) in [4.78, 5) is 25.8. The van der Waals surface area contributed by atoms with Gasteiger partial charge in [-0.2, -0.15) is 0 Å². The second-order valence-corrected chi connectivity index (χ2v) is 7.24.